The Kier molecular flexibility index (Phi) is 4.49. The van der Waals surface area contributed by atoms with Gasteiger partial charge >= 0.3 is 5.97 Å². The highest BCUT2D eigenvalue weighted by molar-refractivity contribution is 6.22. The van der Waals surface area contributed by atoms with Gasteiger partial charge in [-0.05, 0) is 32.9 Å². The van der Waals surface area contributed by atoms with Crippen LogP contribution in [0, 0.1) is 6.92 Å². The van der Waals surface area contributed by atoms with Gasteiger partial charge in [-0.3, -0.25) is 24.1 Å². The quantitative estimate of drug-likeness (QED) is 0.814. The molecule has 0 unspecified atom stereocenters. The van der Waals surface area contributed by atoms with Crippen molar-refractivity contribution in [1.29, 1.82) is 0 Å². The average molecular weight is 318 g/mol. The van der Waals surface area contributed by atoms with Gasteiger partial charge in [-0.2, -0.15) is 0 Å². The lowest BCUT2D eigenvalue weighted by Gasteiger charge is -2.26. The molecular formula is C16H18N2O5. The second-order valence-corrected chi connectivity index (χ2v) is 5.75. The number of hydrogen-bond donors (Lipinski definition) is 1. The van der Waals surface area contributed by atoms with Crippen molar-refractivity contribution in [2.75, 3.05) is 13.1 Å². The van der Waals surface area contributed by atoms with Crippen LogP contribution in [-0.2, 0) is 9.59 Å². The van der Waals surface area contributed by atoms with Crippen LogP contribution >= 0.6 is 0 Å². The second-order valence-electron chi connectivity index (χ2n) is 5.75. The Morgan fingerprint density at radius 2 is 1.78 bits per heavy atom. The summed E-state index contributed by atoms with van der Waals surface area (Å²) in [5.74, 6) is -2.78. The molecule has 1 aromatic carbocycles. The number of carboxylic acids is 1. The summed E-state index contributed by atoms with van der Waals surface area (Å²) in [6, 6.07) is 4.54. The summed E-state index contributed by atoms with van der Waals surface area (Å²) < 4.78 is 0. The first-order valence-electron chi connectivity index (χ1n) is 7.20. The van der Waals surface area contributed by atoms with Gasteiger partial charge in [0.15, 0.2) is 0 Å². The molecule has 0 aromatic heterocycles. The summed E-state index contributed by atoms with van der Waals surface area (Å²) in [4.78, 5) is 49.8. The molecule has 0 radical (unpaired) electrons. The summed E-state index contributed by atoms with van der Waals surface area (Å²) in [6.45, 7) is 4.22. The largest absolute Gasteiger partial charge is 0.480 e. The molecule has 0 saturated carbocycles. The Hall–Kier alpha value is -2.70. The molecule has 3 amide bonds. The van der Waals surface area contributed by atoms with Gasteiger partial charge < -0.3 is 10.0 Å². The summed E-state index contributed by atoms with van der Waals surface area (Å²) >= 11 is 0. The fourth-order valence-corrected chi connectivity index (χ4v) is 2.48. The smallest absolute Gasteiger partial charge is 0.323 e. The lowest BCUT2D eigenvalue weighted by Crippen LogP contribution is -2.47. The van der Waals surface area contributed by atoms with Crippen LogP contribution in [0.4, 0.5) is 0 Å². The molecule has 1 aliphatic rings. The molecule has 7 nitrogen and oxygen atoms in total. The van der Waals surface area contributed by atoms with E-state index < -0.39 is 36.8 Å². The van der Waals surface area contributed by atoms with E-state index in [1.807, 2.05) is 0 Å². The molecule has 0 bridgehead atoms. The van der Waals surface area contributed by atoms with Gasteiger partial charge in [0.2, 0.25) is 5.91 Å². The van der Waals surface area contributed by atoms with Crippen LogP contribution in [-0.4, -0.2) is 57.7 Å². The molecule has 7 heteroatoms. The fraction of sp³-hybridized carbons (Fsp3) is 0.375. The standard InChI is InChI=1S/C16H18N2O5/c1-9(2)17(8-14(20)21)13(19)7-18-15(22)11-5-4-10(3)6-12(11)16(18)23/h4-6,9H,7-8H2,1-3H3,(H,20,21). The van der Waals surface area contributed by atoms with Crippen molar-refractivity contribution in [3.05, 3.63) is 34.9 Å². The first-order chi connectivity index (χ1) is 10.7. The zero-order valence-electron chi connectivity index (χ0n) is 13.2. The highest BCUT2D eigenvalue weighted by atomic mass is 16.4. The van der Waals surface area contributed by atoms with E-state index in [1.54, 1.807) is 39.0 Å². The van der Waals surface area contributed by atoms with Crippen molar-refractivity contribution in [2.24, 2.45) is 0 Å². The maximum atomic E-state index is 12.3. The monoisotopic (exact) mass is 318 g/mol. The number of hydrogen-bond acceptors (Lipinski definition) is 4. The van der Waals surface area contributed by atoms with Crippen molar-refractivity contribution in [3.8, 4) is 0 Å². The van der Waals surface area contributed by atoms with Gasteiger partial charge in [0.25, 0.3) is 11.8 Å². The molecule has 0 atom stereocenters. The zero-order valence-corrected chi connectivity index (χ0v) is 13.2. The molecule has 0 aliphatic carbocycles. The maximum absolute atomic E-state index is 12.3. The Labute approximate surface area is 133 Å². The number of carboxylic acid groups (broad SMARTS) is 1. The molecule has 23 heavy (non-hydrogen) atoms. The number of benzene rings is 1. The van der Waals surface area contributed by atoms with Crippen LogP contribution in [0.1, 0.15) is 40.1 Å². The lowest BCUT2D eigenvalue weighted by molar-refractivity contribution is -0.145. The predicted molar refractivity (Wildman–Crippen MR) is 81.0 cm³/mol. The van der Waals surface area contributed by atoms with Gasteiger partial charge in [-0.25, -0.2) is 0 Å². The summed E-state index contributed by atoms with van der Waals surface area (Å²) in [5, 5.41) is 8.88. The molecule has 122 valence electrons. The summed E-state index contributed by atoms with van der Waals surface area (Å²) in [5.41, 5.74) is 1.38. The van der Waals surface area contributed by atoms with E-state index in [4.69, 9.17) is 5.11 Å². The van der Waals surface area contributed by atoms with Gasteiger partial charge in [-0.15, -0.1) is 0 Å². The second kappa shape index (κ2) is 6.20. The molecule has 1 aromatic rings. The van der Waals surface area contributed by atoms with Crippen LogP contribution < -0.4 is 0 Å². The summed E-state index contributed by atoms with van der Waals surface area (Å²) in [6.07, 6.45) is 0. The van der Waals surface area contributed by atoms with Crippen LogP contribution in [0.2, 0.25) is 0 Å². The van der Waals surface area contributed by atoms with Crippen LogP contribution in [0.15, 0.2) is 18.2 Å². The third kappa shape index (κ3) is 3.23. The highest BCUT2D eigenvalue weighted by Gasteiger charge is 2.37. The third-order valence-corrected chi connectivity index (χ3v) is 3.67. The van der Waals surface area contributed by atoms with Crippen molar-refractivity contribution >= 4 is 23.7 Å². The minimum atomic E-state index is -1.15. The first kappa shape index (κ1) is 16.7. The normalized spacial score (nSPS) is 13.5. The van der Waals surface area contributed by atoms with E-state index in [1.165, 1.54) is 0 Å². The number of aryl methyl sites for hydroxylation is 1. The number of aliphatic carboxylic acids is 1. The average Bonchev–Trinajstić information content (AvgIpc) is 2.69. The molecule has 0 spiro atoms. The Balaban J connectivity index is 2.21. The number of rotatable bonds is 5. The van der Waals surface area contributed by atoms with Crippen molar-refractivity contribution in [1.82, 2.24) is 9.80 Å². The third-order valence-electron chi connectivity index (χ3n) is 3.67. The SMILES string of the molecule is Cc1ccc2c(c1)C(=O)N(CC(=O)N(CC(=O)O)C(C)C)C2=O. The van der Waals surface area contributed by atoms with Gasteiger partial charge in [0.1, 0.15) is 13.1 Å². The van der Waals surface area contributed by atoms with E-state index in [9.17, 15) is 19.2 Å². The van der Waals surface area contributed by atoms with Crippen LogP contribution in [0.3, 0.4) is 0 Å². The number of carbonyl (C=O) groups excluding carboxylic acids is 3. The molecule has 1 aliphatic heterocycles. The van der Waals surface area contributed by atoms with E-state index in [0.717, 1.165) is 15.4 Å². The molecule has 1 heterocycles. The molecule has 0 saturated heterocycles. The number of fused-ring (bicyclic) bond motifs is 1. The predicted octanol–water partition coefficient (Wildman–Crippen LogP) is 0.913. The van der Waals surface area contributed by atoms with E-state index in [-0.39, 0.29) is 17.2 Å². The number of amides is 3. The van der Waals surface area contributed by atoms with Crippen LogP contribution in [0.5, 0.6) is 0 Å². The fourth-order valence-electron chi connectivity index (χ4n) is 2.48. The van der Waals surface area contributed by atoms with Gasteiger partial charge in [0.05, 0.1) is 11.1 Å². The highest BCUT2D eigenvalue weighted by Crippen LogP contribution is 2.23. The molecule has 1 N–H and O–H groups in total. The van der Waals surface area contributed by atoms with Crippen molar-refractivity contribution in [2.45, 2.75) is 26.8 Å². The number of carbonyl (C=O) groups is 4. The van der Waals surface area contributed by atoms with E-state index in [2.05, 4.69) is 0 Å². The Bertz CT molecular complexity index is 696. The minimum absolute atomic E-state index is 0.266. The minimum Gasteiger partial charge on any atom is -0.480 e. The zero-order chi connectivity index (χ0) is 17.3. The Morgan fingerprint density at radius 1 is 1.17 bits per heavy atom. The van der Waals surface area contributed by atoms with Gasteiger partial charge in [0, 0.05) is 6.04 Å². The Morgan fingerprint density at radius 3 is 2.35 bits per heavy atom. The topological polar surface area (TPSA) is 95.0 Å². The van der Waals surface area contributed by atoms with E-state index >= 15 is 0 Å². The summed E-state index contributed by atoms with van der Waals surface area (Å²) in [7, 11) is 0. The van der Waals surface area contributed by atoms with Crippen molar-refractivity contribution < 1.29 is 24.3 Å². The van der Waals surface area contributed by atoms with E-state index in [0.29, 0.717) is 0 Å². The molecular weight excluding hydrogens is 300 g/mol. The maximum Gasteiger partial charge on any atom is 0.323 e. The molecule has 0 fully saturated rings. The number of imide groups is 1. The van der Waals surface area contributed by atoms with Crippen LogP contribution in [0.25, 0.3) is 0 Å². The lowest BCUT2D eigenvalue weighted by atomic mass is 10.1. The first-order valence-corrected chi connectivity index (χ1v) is 7.20. The van der Waals surface area contributed by atoms with Crippen molar-refractivity contribution in [3.63, 3.8) is 0 Å². The number of nitrogens with zero attached hydrogens (tertiary/aromatic N) is 2. The van der Waals surface area contributed by atoms with Gasteiger partial charge in [-0.1, -0.05) is 11.6 Å². The molecule has 2 rings (SSSR count).